The molecule has 19 heteroatoms. The highest BCUT2D eigenvalue weighted by Crippen LogP contribution is 2.45. The minimum atomic E-state index is -4.96. The van der Waals surface area contributed by atoms with Crippen molar-refractivity contribution in [2.75, 3.05) is 39.6 Å². The predicted molar refractivity (Wildman–Crippen MR) is 428 cm³/mol. The Balaban J connectivity index is 5.23. The first-order chi connectivity index (χ1) is 50.5. The van der Waals surface area contributed by atoms with E-state index < -0.39 is 97.5 Å². The number of esters is 4. The molecule has 17 nitrogen and oxygen atoms in total. The third-order valence-corrected chi connectivity index (χ3v) is 21.9. The van der Waals surface area contributed by atoms with Gasteiger partial charge in [0, 0.05) is 25.7 Å². The first-order valence-electron chi connectivity index (χ1n) is 44.1. The lowest BCUT2D eigenvalue weighted by Gasteiger charge is -2.21. The van der Waals surface area contributed by atoms with Crippen LogP contribution in [0.3, 0.4) is 0 Å². The molecule has 5 atom stereocenters. The van der Waals surface area contributed by atoms with Crippen molar-refractivity contribution in [3.8, 4) is 0 Å². The minimum absolute atomic E-state index is 0.108. The van der Waals surface area contributed by atoms with E-state index >= 15 is 0 Å². The molecule has 0 aliphatic heterocycles. The largest absolute Gasteiger partial charge is 0.472 e. The summed E-state index contributed by atoms with van der Waals surface area (Å²) in [6, 6.07) is 0. The summed E-state index contributed by atoms with van der Waals surface area (Å²) in [5, 5.41) is 10.7. The zero-order valence-electron chi connectivity index (χ0n) is 68.2. The van der Waals surface area contributed by atoms with Gasteiger partial charge in [0.05, 0.1) is 26.4 Å². The van der Waals surface area contributed by atoms with Crippen molar-refractivity contribution < 1.29 is 80.2 Å². The van der Waals surface area contributed by atoms with Crippen LogP contribution >= 0.6 is 15.6 Å². The highest BCUT2D eigenvalue weighted by atomic mass is 31.2. The lowest BCUT2D eigenvalue weighted by Crippen LogP contribution is -2.30. The molecule has 0 amide bonds. The van der Waals surface area contributed by atoms with Crippen LogP contribution in [0, 0.1) is 5.92 Å². The molecule has 0 aromatic heterocycles. The standard InChI is InChI=1S/C85H166O17P2/c1-6-9-12-15-18-21-24-27-29-31-33-35-37-39-42-45-50-56-61-66-71-85(90)101-80(74-95-82(87)68-63-58-53-48-43-41-38-36-34-32-30-28-25-22-19-16-13-10-7-2)76-99-103(91,92)97-72-79(86)73-98-104(93,94)100-77-81(75-96-83(88)69-64-59-54-51-46-47-52-57-62-67-78(4)5)102-84(89)70-65-60-55-49-44-40-26-23-20-17-14-11-8-3/h78-81,86H,6-77H2,1-5H3,(H,91,92)(H,93,94)/t79-,80-,81-/m1/s1. The zero-order valence-corrected chi connectivity index (χ0v) is 70.0. The van der Waals surface area contributed by atoms with Gasteiger partial charge >= 0.3 is 39.5 Å². The molecular weight excluding hydrogens is 1350 g/mol. The van der Waals surface area contributed by atoms with Gasteiger partial charge in [-0.25, -0.2) is 9.13 Å². The van der Waals surface area contributed by atoms with Crippen LogP contribution in [0.15, 0.2) is 0 Å². The third kappa shape index (κ3) is 78.2. The molecule has 3 N–H and O–H groups in total. The fourth-order valence-corrected chi connectivity index (χ4v) is 14.9. The molecule has 0 bridgehead atoms. The molecule has 0 heterocycles. The van der Waals surface area contributed by atoms with Crippen molar-refractivity contribution in [2.24, 2.45) is 5.92 Å². The number of carbonyl (C=O) groups excluding carboxylic acids is 4. The van der Waals surface area contributed by atoms with E-state index in [-0.39, 0.29) is 25.7 Å². The lowest BCUT2D eigenvalue weighted by atomic mass is 10.0. The Bertz CT molecular complexity index is 1980. The summed E-state index contributed by atoms with van der Waals surface area (Å²) in [5.74, 6) is -1.36. The van der Waals surface area contributed by atoms with Gasteiger partial charge in [0.25, 0.3) is 0 Å². The van der Waals surface area contributed by atoms with Gasteiger partial charge in [0.1, 0.15) is 19.3 Å². The highest BCUT2D eigenvalue weighted by Gasteiger charge is 2.30. The summed E-state index contributed by atoms with van der Waals surface area (Å²) in [6.45, 7) is 7.34. The Morgan fingerprint density at radius 1 is 0.260 bits per heavy atom. The van der Waals surface area contributed by atoms with Crippen LogP contribution in [-0.4, -0.2) is 96.7 Å². The van der Waals surface area contributed by atoms with E-state index in [0.717, 1.165) is 95.8 Å². The van der Waals surface area contributed by atoms with E-state index in [1.165, 1.54) is 283 Å². The predicted octanol–water partition coefficient (Wildman–Crippen LogP) is 26.0. The number of ether oxygens (including phenoxy) is 4. The van der Waals surface area contributed by atoms with Crippen molar-refractivity contribution >= 4 is 39.5 Å². The summed E-state index contributed by atoms with van der Waals surface area (Å²) in [4.78, 5) is 73.2. The molecular formula is C85H166O17P2. The summed E-state index contributed by atoms with van der Waals surface area (Å²) in [6.07, 6.45) is 70.8. The number of hydrogen-bond acceptors (Lipinski definition) is 15. The lowest BCUT2D eigenvalue weighted by molar-refractivity contribution is -0.161. The fraction of sp³-hybridized carbons (Fsp3) is 0.953. The molecule has 0 aromatic carbocycles. The number of phosphoric acid groups is 2. The molecule has 0 radical (unpaired) electrons. The van der Waals surface area contributed by atoms with E-state index in [9.17, 15) is 43.2 Å². The van der Waals surface area contributed by atoms with Crippen LogP contribution in [-0.2, 0) is 65.4 Å². The second-order valence-corrected chi connectivity index (χ2v) is 34.0. The molecule has 0 spiro atoms. The third-order valence-electron chi connectivity index (χ3n) is 20.0. The smallest absolute Gasteiger partial charge is 0.462 e. The van der Waals surface area contributed by atoms with E-state index in [2.05, 4.69) is 34.6 Å². The van der Waals surface area contributed by atoms with E-state index in [0.29, 0.717) is 25.7 Å². The first-order valence-corrected chi connectivity index (χ1v) is 47.1. The van der Waals surface area contributed by atoms with Crippen molar-refractivity contribution in [1.82, 2.24) is 0 Å². The topological polar surface area (TPSA) is 237 Å². The Labute approximate surface area is 638 Å². The highest BCUT2D eigenvalue weighted by molar-refractivity contribution is 7.47. The zero-order chi connectivity index (χ0) is 76.2. The minimum Gasteiger partial charge on any atom is -0.462 e. The number of phosphoric ester groups is 2. The maximum Gasteiger partial charge on any atom is 0.472 e. The molecule has 0 aliphatic rings. The number of carbonyl (C=O) groups is 4. The number of aliphatic hydroxyl groups excluding tert-OH is 1. The number of hydrogen-bond donors (Lipinski definition) is 3. The molecule has 0 aliphatic carbocycles. The maximum absolute atomic E-state index is 13.1. The van der Waals surface area contributed by atoms with Crippen molar-refractivity contribution in [3.63, 3.8) is 0 Å². The Morgan fingerprint density at radius 3 is 0.654 bits per heavy atom. The van der Waals surface area contributed by atoms with Crippen LogP contribution in [0.1, 0.15) is 458 Å². The van der Waals surface area contributed by atoms with Gasteiger partial charge in [-0.05, 0) is 31.6 Å². The molecule has 2 unspecified atom stereocenters. The summed E-state index contributed by atoms with van der Waals surface area (Å²) in [7, 11) is -9.92. The maximum atomic E-state index is 13.1. The van der Waals surface area contributed by atoms with Gasteiger partial charge in [-0.1, -0.05) is 407 Å². The van der Waals surface area contributed by atoms with Gasteiger partial charge in [-0.3, -0.25) is 37.3 Å². The normalized spacial score (nSPS) is 13.8. The van der Waals surface area contributed by atoms with Crippen LogP contribution < -0.4 is 0 Å². The Hall–Kier alpha value is -1.94. The van der Waals surface area contributed by atoms with Gasteiger partial charge < -0.3 is 33.8 Å². The van der Waals surface area contributed by atoms with Gasteiger partial charge in [-0.2, -0.15) is 0 Å². The van der Waals surface area contributed by atoms with Gasteiger partial charge in [0.15, 0.2) is 12.2 Å². The SMILES string of the molecule is CCCCCCCCCCCCCCCCCCCCCCC(=O)O[C@H](COC(=O)CCCCCCCCCCCCCCCCCCCCC)COP(=O)(O)OC[C@@H](O)COP(=O)(O)OC[C@@H](COC(=O)CCCCCCCCCCCC(C)C)OC(=O)CCCCCCCCCCCCCCC. The van der Waals surface area contributed by atoms with E-state index in [4.69, 9.17) is 37.0 Å². The first kappa shape index (κ1) is 102. The average molecular weight is 1520 g/mol. The Morgan fingerprint density at radius 2 is 0.442 bits per heavy atom. The van der Waals surface area contributed by atoms with Crippen molar-refractivity contribution in [1.29, 1.82) is 0 Å². The van der Waals surface area contributed by atoms with Gasteiger partial charge in [0.2, 0.25) is 0 Å². The summed E-state index contributed by atoms with van der Waals surface area (Å²) in [5.41, 5.74) is 0. The molecule has 0 fully saturated rings. The quantitative estimate of drug-likeness (QED) is 0.0222. The molecule has 104 heavy (non-hydrogen) atoms. The fourth-order valence-electron chi connectivity index (χ4n) is 13.3. The number of aliphatic hydroxyl groups is 1. The summed E-state index contributed by atoms with van der Waals surface area (Å²) >= 11 is 0. The Kier molecular flexibility index (Phi) is 76.3. The molecule has 0 rings (SSSR count). The molecule has 0 aromatic rings. The van der Waals surface area contributed by atoms with Crippen LogP contribution in [0.2, 0.25) is 0 Å². The molecule has 618 valence electrons. The molecule has 0 saturated carbocycles. The van der Waals surface area contributed by atoms with Crippen molar-refractivity contribution in [3.05, 3.63) is 0 Å². The van der Waals surface area contributed by atoms with Crippen LogP contribution in [0.25, 0.3) is 0 Å². The average Bonchev–Trinajstić information content (AvgIpc) is 0.923. The van der Waals surface area contributed by atoms with Crippen LogP contribution in [0.4, 0.5) is 0 Å². The second kappa shape index (κ2) is 77.8. The van der Waals surface area contributed by atoms with Gasteiger partial charge in [-0.15, -0.1) is 0 Å². The van der Waals surface area contributed by atoms with Crippen molar-refractivity contribution in [2.45, 2.75) is 477 Å². The monoisotopic (exact) mass is 1520 g/mol. The number of unbranched alkanes of at least 4 members (excludes halogenated alkanes) is 57. The molecule has 0 saturated heterocycles. The van der Waals surface area contributed by atoms with E-state index in [1.807, 2.05) is 0 Å². The summed E-state index contributed by atoms with van der Waals surface area (Å²) < 4.78 is 68.9. The van der Waals surface area contributed by atoms with E-state index in [1.54, 1.807) is 0 Å². The number of rotatable bonds is 85. The van der Waals surface area contributed by atoms with Crippen LogP contribution in [0.5, 0.6) is 0 Å². The second-order valence-electron chi connectivity index (χ2n) is 31.1.